The van der Waals surface area contributed by atoms with Crippen molar-refractivity contribution in [2.75, 3.05) is 18.1 Å². The Kier molecular flexibility index (Phi) is 8.20. The van der Waals surface area contributed by atoms with Gasteiger partial charge in [0.1, 0.15) is 17.3 Å². The molecule has 1 unspecified atom stereocenters. The molecule has 1 heterocycles. The van der Waals surface area contributed by atoms with Crippen molar-refractivity contribution in [3.63, 3.8) is 0 Å². The van der Waals surface area contributed by atoms with Gasteiger partial charge >= 0.3 is 0 Å². The van der Waals surface area contributed by atoms with Crippen molar-refractivity contribution in [2.45, 2.75) is 46.6 Å². The lowest BCUT2D eigenvalue weighted by Crippen LogP contribution is -2.29. The van der Waals surface area contributed by atoms with Gasteiger partial charge in [0, 0.05) is 11.3 Å². The Hall–Kier alpha value is -4.06. The van der Waals surface area contributed by atoms with Gasteiger partial charge in [0.05, 0.1) is 24.8 Å². The van der Waals surface area contributed by atoms with Gasteiger partial charge in [-0.3, -0.25) is 14.5 Å². The minimum absolute atomic E-state index is 0.0347. The van der Waals surface area contributed by atoms with Crippen molar-refractivity contribution < 1.29 is 24.2 Å². The van der Waals surface area contributed by atoms with Crippen molar-refractivity contribution in [2.24, 2.45) is 5.92 Å². The predicted molar refractivity (Wildman–Crippen MR) is 150 cm³/mol. The molecule has 1 N–H and O–H groups in total. The highest BCUT2D eigenvalue weighted by atomic mass is 16.5. The number of aliphatic hydroxyl groups is 1. The van der Waals surface area contributed by atoms with E-state index in [-0.39, 0.29) is 11.3 Å². The number of carbonyl (C=O) groups excluding carboxylic acids is 2. The third-order valence-corrected chi connectivity index (χ3v) is 6.48. The molecular formula is C32H35NO5. The Labute approximate surface area is 224 Å². The van der Waals surface area contributed by atoms with Gasteiger partial charge < -0.3 is 14.6 Å². The Balaban J connectivity index is 1.82. The van der Waals surface area contributed by atoms with E-state index in [0.29, 0.717) is 53.4 Å². The normalized spacial score (nSPS) is 16.9. The van der Waals surface area contributed by atoms with Crippen molar-refractivity contribution in [1.29, 1.82) is 0 Å². The van der Waals surface area contributed by atoms with Gasteiger partial charge in [0.25, 0.3) is 11.7 Å². The van der Waals surface area contributed by atoms with Gasteiger partial charge in [0.2, 0.25) is 0 Å². The number of carbonyl (C=O) groups is 2. The first kappa shape index (κ1) is 27.0. The van der Waals surface area contributed by atoms with E-state index in [1.165, 1.54) is 4.90 Å². The zero-order valence-electron chi connectivity index (χ0n) is 22.6. The monoisotopic (exact) mass is 513 g/mol. The summed E-state index contributed by atoms with van der Waals surface area (Å²) in [6.45, 7) is 11.3. The molecule has 0 aromatic heterocycles. The van der Waals surface area contributed by atoms with Crippen molar-refractivity contribution >= 4 is 23.1 Å². The molecule has 1 amide bonds. The fourth-order valence-electron chi connectivity index (χ4n) is 4.50. The van der Waals surface area contributed by atoms with Crippen LogP contribution in [0, 0.1) is 5.92 Å². The van der Waals surface area contributed by atoms with E-state index in [1.54, 1.807) is 24.3 Å². The van der Waals surface area contributed by atoms with Crippen LogP contribution in [-0.2, 0) is 9.59 Å². The average molecular weight is 514 g/mol. The first-order valence-electron chi connectivity index (χ1n) is 13.1. The highest BCUT2D eigenvalue weighted by Crippen LogP contribution is 2.43. The topological polar surface area (TPSA) is 76.1 Å². The Morgan fingerprint density at radius 3 is 2.18 bits per heavy atom. The molecule has 3 aromatic carbocycles. The minimum atomic E-state index is -0.822. The zero-order valence-corrected chi connectivity index (χ0v) is 22.6. The highest BCUT2D eigenvalue weighted by Gasteiger charge is 2.47. The van der Waals surface area contributed by atoms with E-state index >= 15 is 0 Å². The molecule has 1 aliphatic heterocycles. The molecule has 198 valence electrons. The molecular weight excluding hydrogens is 478 g/mol. The molecule has 1 atom stereocenters. The van der Waals surface area contributed by atoms with Crippen LogP contribution < -0.4 is 14.4 Å². The molecule has 3 aromatic rings. The summed E-state index contributed by atoms with van der Waals surface area (Å²) >= 11 is 0. The van der Waals surface area contributed by atoms with E-state index in [1.807, 2.05) is 55.5 Å². The molecule has 4 rings (SSSR count). The Morgan fingerprint density at radius 1 is 0.895 bits per heavy atom. The van der Waals surface area contributed by atoms with E-state index in [2.05, 4.69) is 27.7 Å². The van der Waals surface area contributed by atoms with Gasteiger partial charge in [-0.1, -0.05) is 52.0 Å². The summed E-state index contributed by atoms with van der Waals surface area (Å²) in [5.74, 6) is 0.341. The van der Waals surface area contributed by atoms with E-state index in [0.717, 1.165) is 5.56 Å². The van der Waals surface area contributed by atoms with Crippen molar-refractivity contribution in [1.82, 2.24) is 0 Å². The molecule has 0 bridgehead atoms. The van der Waals surface area contributed by atoms with Gasteiger partial charge in [-0.25, -0.2) is 0 Å². The summed E-state index contributed by atoms with van der Waals surface area (Å²) in [7, 11) is 0. The number of nitrogens with zero attached hydrogens (tertiary/aromatic N) is 1. The second-order valence-corrected chi connectivity index (χ2v) is 10.2. The van der Waals surface area contributed by atoms with E-state index in [4.69, 9.17) is 9.47 Å². The lowest BCUT2D eigenvalue weighted by molar-refractivity contribution is -0.132. The molecule has 38 heavy (non-hydrogen) atoms. The van der Waals surface area contributed by atoms with Crippen LogP contribution >= 0.6 is 0 Å². The van der Waals surface area contributed by atoms with Crippen LogP contribution in [0.4, 0.5) is 5.69 Å². The molecule has 0 radical (unpaired) electrons. The standard InChI is InChI=1S/C32H35NO5/c1-6-37-27-9-7-8-24(18-27)29-28(30(34)23-12-16-26(17-13-23)38-19-20(2)3)31(35)32(36)33(29)25-14-10-22(11-15-25)21(4)5/h7-18,20-21,29,34H,6,19H2,1-5H3/b30-28-. The maximum absolute atomic E-state index is 13.5. The van der Waals surface area contributed by atoms with Crippen LogP contribution in [0.5, 0.6) is 11.5 Å². The van der Waals surface area contributed by atoms with E-state index in [9.17, 15) is 14.7 Å². The first-order chi connectivity index (χ1) is 18.2. The molecule has 0 spiro atoms. The van der Waals surface area contributed by atoms with Gasteiger partial charge in [-0.15, -0.1) is 0 Å². The number of aliphatic hydroxyl groups excluding tert-OH is 1. The van der Waals surface area contributed by atoms with Gasteiger partial charge in [0.15, 0.2) is 0 Å². The molecule has 0 saturated carbocycles. The summed E-state index contributed by atoms with van der Waals surface area (Å²) in [5, 5.41) is 11.4. The number of Topliss-reactive ketones (excluding diaryl/α,β-unsaturated/α-hetero) is 1. The maximum Gasteiger partial charge on any atom is 0.300 e. The first-order valence-corrected chi connectivity index (χ1v) is 13.1. The third kappa shape index (κ3) is 5.59. The number of benzene rings is 3. The Morgan fingerprint density at radius 2 is 1.58 bits per heavy atom. The van der Waals surface area contributed by atoms with Crippen molar-refractivity contribution in [3.8, 4) is 11.5 Å². The smallest absolute Gasteiger partial charge is 0.300 e. The average Bonchev–Trinajstić information content (AvgIpc) is 3.18. The fourth-order valence-corrected chi connectivity index (χ4v) is 4.50. The maximum atomic E-state index is 13.5. The summed E-state index contributed by atoms with van der Waals surface area (Å²) < 4.78 is 11.4. The fraction of sp³-hybridized carbons (Fsp3) is 0.312. The number of anilines is 1. The van der Waals surface area contributed by atoms with Crippen LogP contribution in [-0.4, -0.2) is 30.0 Å². The van der Waals surface area contributed by atoms with Crippen LogP contribution in [0.25, 0.3) is 5.76 Å². The number of amides is 1. The van der Waals surface area contributed by atoms with Crippen LogP contribution in [0.15, 0.2) is 78.4 Å². The van der Waals surface area contributed by atoms with Crippen LogP contribution in [0.1, 0.15) is 63.3 Å². The Bertz CT molecular complexity index is 1320. The number of hydrogen-bond acceptors (Lipinski definition) is 5. The van der Waals surface area contributed by atoms with Gasteiger partial charge in [-0.05, 0) is 78.4 Å². The number of rotatable bonds is 9. The van der Waals surface area contributed by atoms with Crippen LogP contribution in [0.2, 0.25) is 0 Å². The predicted octanol–water partition coefficient (Wildman–Crippen LogP) is 6.87. The van der Waals surface area contributed by atoms with Crippen molar-refractivity contribution in [3.05, 3.63) is 95.1 Å². The highest BCUT2D eigenvalue weighted by molar-refractivity contribution is 6.51. The number of ether oxygens (including phenoxy) is 2. The second kappa shape index (κ2) is 11.5. The number of ketones is 1. The minimum Gasteiger partial charge on any atom is -0.507 e. The lowest BCUT2D eigenvalue weighted by atomic mass is 9.94. The number of hydrogen-bond donors (Lipinski definition) is 1. The molecule has 6 nitrogen and oxygen atoms in total. The van der Waals surface area contributed by atoms with Gasteiger partial charge in [-0.2, -0.15) is 0 Å². The third-order valence-electron chi connectivity index (χ3n) is 6.48. The molecule has 1 aliphatic rings. The molecule has 1 fully saturated rings. The second-order valence-electron chi connectivity index (χ2n) is 10.2. The molecule has 6 heteroatoms. The van der Waals surface area contributed by atoms with E-state index < -0.39 is 17.7 Å². The van der Waals surface area contributed by atoms with Crippen LogP contribution in [0.3, 0.4) is 0 Å². The largest absolute Gasteiger partial charge is 0.507 e. The lowest BCUT2D eigenvalue weighted by Gasteiger charge is -2.26. The summed E-state index contributed by atoms with van der Waals surface area (Å²) in [6.07, 6.45) is 0. The molecule has 1 saturated heterocycles. The summed E-state index contributed by atoms with van der Waals surface area (Å²) in [6, 6.07) is 21.0. The quantitative estimate of drug-likeness (QED) is 0.192. The SMILES string of the molecule is CCOc1cccc(C2/C(=C(/O)c3ccc(OCC(C)C)cc3)C(=O)C(=O)N2c2ccc(C(C)C)cc2)c1. The summed E-state index contributed by atoms with van der Waals surface area (Å²) in [4.78, 5) is 28.4. The zero-order chi connectivity index (χ0) is 27.4. The molecule has 0 aliphatic carbocycles. The summed E-state index contributed by atoms with van der Waals surface area (Å²) in [5.41, 5.74) is 2.84.